The van der Waals surface area contributed by atoms with Gasteiger partial charge in [0.25, 0.3) is 0 Å². The summed E-state index contributed by atoms with van der Waals surface area (Å²) in [5, 5.41) is 10.1. The van der Waals surface area contributed by atoms with Gasteiger partial charge in [0, 0.05) is 54.1 Å². The fraction of sp³-hybridized carbons (Fsp3) is 0.0556. The van der Waals surface area contributed by atoms with Crippen LogP contribution < -0.4 is 10.9 Å². The van der Waals surface area contributed by atoms with Gasteiger partial charge >= 0.3 is 0 Å². The molecule has 188 valence electrons. The van der Waals surface area contributed by atoms with E-state index >= 15 is 0 Å². The van der Waals surface area contributed by atoms with Crippen molar-refractivity contribution in [2.45, 2.75) is 13.8 Å². The SMILES string of the molecule is Cc1ccc2[nH]c3c4c(=O)c5ccccc5c5c6cc(C)ccc6[nH]c(c6c(=O)c7ccccc7c(c2c1)c36)c45. The molecule has 9 rings (SSSR count). The molecule has 4 nitrogen and oxygen atoms in total. The molecule has 2 heterocycles. The molecule has 0 fully saturated rings. The summed E-state index contributed by atoms with van der Waals surface area (Å²) in [6, 6.07) is 28.4. The van der Waals surface area contributed by atoms with E-state index < -0.39 is 0 Å². The van der Waals surface area contributed by atoms with Crippen molar-refractivity contribution in [3.05, 3.63) is 117 Å². The standard InChI is InChI=1S/C36H22N2O2/c1-17-11-13-25-23(15-17)27-19-7-3-5-9-21(19)35(39)31-29(27)33(37-25)32-30-28(20-8-4-6-10-22(20)36(32)40)24-16-18(2)12-14-26(24)38-34(30)31/h3-16,37-38H,1-2H3. The molecule has 0 radical (unpaired) electrons. The minimum atomic E-state index is -0.0278. The van der Waals surface area contributed by atoms with E-state index in [1.165, 1.54) is 0 Å². The van der Waals surface area contributed by atoms with Gasteiger partial charge in [-0.25, -0.2) is 0 Å². The van der Waals surface area contributed by atoms with Crippen molar-refractivity contribution in [2.75, 3.05) is 0 Å². The van der Waals surface area contributed by atoms with Crippen molar-refractivity contribution < 1.29 is 0 Å². The lowest BCUT2D eigenvalue weighted by atomic mass is 9.87. The van der Waals surface area contributed by atoms with Gasteiger partial charge in [-0.3, -0.25) is 9.59 Å². The van der Waals surface area contributed by atoms with Crippen molar-refractivity contribution >= 4 is 86.7 Å². The van der Waals surface area contributed by atoms with E-state index in [1.54, 1.807) is 0 Å². The molecule has 0 aliphatic carbocycles. The van der Waals surface area contributed by atoms with Crippen LogP contribution >= 0.6 is 0 Å². The van der Waals surface area contributed by atoms with E-state index in [9.17, 15) is 9.59 Å². The number of nitrogens with one attached hydrogen (secondary N) is 2. The molecule has 4 heteroatoms. The highest BCUT2D eigenvalue weighted by Gasteiger charge is 2.25. The summed E-state index contributed by atoms with van der Waals surface area (Å²) in [7, 11) is 0. The predicted octanol–water partition coefficient (Wildman–Crippen LogP) is 8.34. The van der Waals surface area contributed by atoms with Crippen LogP contribution in [0.3, 0.4) is 0 Å². The van der Waals surface area contributed by atoms with Gasteiger partial charge in [-0.15, -0.1) is 0 Å². The Kier molecular flexibility index (Phi) is 3.93. The molecule has 9 aromatic rings. The third kappa shape index (κ3) is 2.51. The topological polar surface area (TPSA) is 65.7 Å². The summed E-state index contributed by atoms with van der Waals surface area (Å²) < 4.78 is 0. The maximum absolute atomic E-state index is 14.4. The van der Waals surface area contributed by atoms with E-state index in [0.29, 0.717) is 21.5 Å². The lowest BCUT2D eigenvalue weighted by Gasteiger charge is -2.19. The van der Waals surface area contributed by atoms with Crippen molar-refractivity contribution in [3.63, 3.8) is 0 Å². The van der Waals surface area contributed by atoms with E-state index in [-0.39, 0.29) is 10.9 Å². The van der Waals surface area contributed by atoms with E-state index in [2.05, 4.69) is 60.2 Å². The molecule has 2 aromatic heterocycles. The molecule has 0 aliphatic rings. The maximum atomic E-state index is 14.4. The van der Waals surface area contributed by atoms with Crippen LogP contribution in [-0.4, -0.2) is 9.97 Å². The minimum Gasteiger partial charge on any atom is -0.354 e. The number of aromatic nitrogens is 2. The quantitative estimate of drug-likeness (QED) is 0.158. The number of aromatic amines is 2. The van der Waals surface area contributed by atoms with Crippen molar-refractivity contribution in [2.24, 2.45) is 0 Å². The normalized spacial score (nSPS) is 12.4. The number of pyridine rings is 2. The van der Waals surface area contributed by atoms with Crippen molar-refractivity contribution in [1.82, 2.24) is 9.97 Å². The van der Waals surface area contributed by atoms with E-state index in [0.717, 1.165) is 76.3 Å². The van der Waals surface area contributed by atoms with Crippen LogP contribution in [0.5, 0.6) is 0 Å². The Morgan fingerprint density at radius 3 is 1.25 bits per heavy atom. The molecule has 0 spiro atoms. The zero-order valence-electron chi connectivity index (χ0n) is 21.9. The van der Waals surface area contributed by atoms with Crippen LogP contribution in [0.4, 0.5) is 0 Å². The fourth-order valence-corrected chi connectivity index (χ4v) is 7.07. The molecule has 2 N–H and O–H groups in total. The minimum absolute atomic E-state index is 0.0278. The average molecular weight is 515 g/mol. The lowest BCUT2D eigenvalue weighted by Crippen LogP contribution is -2.11. The summed E-state index contributed by atoms with van der Waals surface area (Å²) in [5.41, 5.74) is 5.53. The number of hydrogen-bond donors (Lipinski definition) is 2. The number of rotatable bonds is 0. The molecule has 0 amide bonds. The molecule has 7 aromatic carbocycles. The Labute approximate surface area is 226 Å². The molecule has 0 aliphatic heterocycles. The summed E-state index contributed by atoms with van der Waals surface area (Å²) in [6.45, 7) is 4.16. The Bertz CT molecular complexity index is 2520. The van der Waals surface area contributed by atoms with Gasteiger partial charge in [-0.1, -0.05) is 71.8 Å². The smallest absolute Gasteiger partial charge is 0.196 e. The third-order valence-corrected chi connectivity index (χ3v) is 8.74. The summed E-state index contributed by atoms with van der Waals surface area (Å²) >= 11 is 0. The molecule has 40 heavy (non-hydrogen) atoms. The van der Waals surface area contributed by atoms with Gasteiger partial charge in [0.2, 0.25) is 0 Å². The first-order valence-electron chi connectivity index (χ1n) is 13.5. The second kappa shape index (κ2) is 7.25. The Morgan fingerprint density at radius 2 is 0.825 bits per heavy atom. The second-order valence-corrected chi connectivity index (χ2v) is 11.1. The zero-order valence-corrected chi connectivity index (χ0v) is 21.9. The van der Waals surface area contributed by atoms with Crippen LogP contribution in [-0.2, 0) is 0 Å². The summed E-state index contributed by atoms with van der Waals surface area (Å²) in [6.07, 6.45) is 0. The van der Waals surface area contributed by atoms with Crippen LogP contribution in [0, 0.1) is 13.8 Å². The molecule has 0 saturated carbocycles. The summed E-state index contributed by atoms with van der Waals surface area (Å²) in [4.78, 5) is 36.2. The molecule has 0 saturated heterocycles. The largest absolute Gasteiger partial charge is 0.354 e. The van der Waals surface area contributed by atoms with E-state index in [4.69, 9.17) is 0 Å². The Hall–Kier alpha value is -5.22. The number of hydrogen-bond acceptors (Lipinski definition) is 2. The number of aryl methyl sites for hydroxylation is 2. The van der Waals surface area contributed by atoms with Crippen LogP contribution in [0.15, 0.2) is 94.5 Å². The molecular weight excluding hydrogens is 492 g/mol. The maximum Gasteiger partial charge on any atom is 0.196 e. The monoisotopic (exact) mass is 514 g/mol. The highest BCUT2D eigenvalue weighted by atomic mass is 16.1. The predicted molar refractivity (Wildman–Crippen MR) is 168 cm³/mol. The first-order valence-corrected chi connectivity index (χ1v) is 13.5. The average Bonchev–Trinajstić information content (AvgIpc) is 2.97. The van der Waals surface area contributed by atoms with Gasteiger partial charge in [-0.05, 0) is 48.9 Å². The third-order valence-electron chi connectivity index (χ3n) is 8.74. The number of benzene rings is 7. The first kappa shape index (κ1) is 21.7. The molecular formula is C36H22N2O2. The second-order valence-electron chi connectivity index (χ2n) is 11.1. The van der Waals surface area contributed by atoms with Gasteiger partial charge < -0.3 is 9.97 Å². The van der Waals surface area contributed by atoms with Crippen LogP contribution in [0.2, 0.25) is 0 Å². The van der Waals surface area contributed by atoms with Crippen LogP contribution in [0.1, 0.15) is 11.1 Å². The number of H-pyrrole nitrogens is 2. The van der Waals surface area contributed by atoms with Gasteiger partial charge in [0.15, 0.2) is 10.9 Å². The first-order chi connectivity index (χ1) is 19.5. The Balaban J connectivity index is 1.79. The highest BCUT2D eigenvalue weighted by molar-refractivity contribution is 6.42. The van der Waals surface area contributed by atoms with Gasteiger partial charge in [-0.2, -0.15) is 0 Å². The lowest BCUT2D eigenvalue weighted by molar-refractivity contribution is 1.46. The molecule has 0 bridgehead atoms. The van der Waals surface area contributed by atoms with Crippen LogP contribution in [0.25, 0.3) is 86.7 Å². The highest BCUT2D eigenvalue weighted by Crippen LogP contribution is 2.44. The summed E-state index contributed by atoms with van der Waals surface area (Å²) in [5.74, 6) is 0. The van der Waals surface area contributed by atoms with Crippen molar-refractivity contribution in [1.29, 1.82) is 0 Å². The molecule has 0 atom stereocenters. The number of fused-ring (bicyclic) bond motifs is 10. The Morgan fingerprint density at radius 1 is 0.425 bits per heavy atom. The van der Waals surface area contributed by atoms with Gasteiger partial charge in [0.1, 0.15) is 0 Å². The van der Waals surface area contributed by atoms with Gasteiger partial charge in [0.05, 0.1) is 21.8 Å². The van der Waals surface area contributed by atoms with E-state index in [1.807, 2.05) is 48.5 Å². The zero-order chi connectivity index (χ0) is 26.9. The fourth-order valence-electron chi connectivity index (χ4n) is 7.07. The molecule has 0 unspecified atom stereocenters. The van der Waals surface area contributed by atoms with Crippen molar-refractivity contribution in [3.8, 4) is 0 Å².